The molecule has 0 fully saturated rings. The Labute approximate surface area is 87.9 Å². The second kappa shape index (κ2) is 4.19. The Bertz CT molecular complexity index is 383. The normalized spacial score (nSPS) is 12.6. The highest BCUT2D eigenvalue weighted by Gasteiger charge is 2.41. The molecule has 0 N–H and O–H groups in total. The van der Waals surface area contributed by atoms with Crippen LogP contribution in [0.4, 0.5) is 22.0 Å². The summed E-state index contributed by atoms with van der Waals surface area (Å²) in [4.78, 5) is 9.99. The second-order valence-electron chi connectivity index (χ2n) is 3.12. The van der Waals surface area contributed by atoms with Crippen molar-refractivity contribution in [3.05, 3.63) is 35.4 Å². The first-order valence-corrected chi connectivity index (χ1v) is 4.27. The molecule has 0 atom stereocenters. The number of benzene rings is 1. The van der Waals surface area contributed by atoms with Crippen LogP contribution < -0.4 is 0 Å². The molecule has 1 rings (SSSR count). The number of rotatable bonds is 3. The third-order valence-corrected chi connectivity index (χ3v) is 1.97. The van der Waals surface area contributed by atoms with E-state index in [4.69, 9.17) is 0 Å². The molecule has 88 valence electrons. The predicted molar refractivity (Wildman–Crippen MR) is 46.0 cm³/mol. The van der Waals surface area contributed by atoms with Gasteiger partial charge in [0.25, 0.3) is 5.92 Å². The first kappa shape index (κ1) is 12.6. The van der Waals surface area contributed by atoms with Gasteiger partial charge in [-0.2, -0.15) is 13.2 Å². The summed E-state index contributed by atoms with van der Waals surface area (Å²) in [6.07, 6.45) is -6.23. The highest BCUT2D eigenvalue weighted by Crippen LogP contribution is 2.40. The smallest absolute Gasteiger partial charge is 0.303 e. The predicted octanol–water partition coefficient (Wildman–Crippen LogP) is 3.39. The Morgan fingerprint density at radius 3 is 1.94 bits per heavy atom. The summed E-state index contributed by atoms with van der Waals surface area (Å²) in [6, 6.07) is 3.33. The maximum Gasteiger partial charge on any atom is 0.416 e. The molecule has 1 nitrogen and oxygen atoms in total. The summed E-state index contributed by atoms with van der Waals surface area (Å²) in [5, 5.41) is 0. The van der Waals surface area contributed by atoms with E-state index in [2.05, 4.69) is 0 Å². The molecule has 6 heteroatoms. The summed E-state index contributed by atoms with van der Waals surface area (Å²) >= 11 is 0. The van der Waals surface area contributed by atoms with Crippen LogP contribution in [-0.4, -0.2) is 6.29 Å². The lowest BCUT2D eigenvalue weighted by Gasteiger charge is -2.19. The highest BCUT2D eigenvalue weighted by atomic mass is 19.4. The quantitative estimate of drug-likeness (QED) is 0.582. The molecular formula is C10H7F5O. The molecule has 0 aliphatic heterocycles. The average molecular weight is 238 g/mol. The van der Waals surface area contributed by atoms with Crippen molar-refractivity contribution in [2.45, 2.75) is 18.5 Å². The zero-order valence-electron chi connectivity index (χ0n) is 7.89. The van der Waals surface area contributed by atoms with Crippen LogP contribution in [0.15, 0.2) is 24.3 Å². The largest absolute Gasteiger partial charge is 0.416 e. The van der Waals surface area contributed by atoms with Gasteiger partial charge in [-0.15, -0.1) is 0 Å². The zero-order valence-corrected chi connectivity index (χ0v) is 7.89. The van der Waals surface area contributed by atoms with Gasteiger partial charge in [0.15, 0.2) is 0 Å². The number of hydrogen-bond donors (Lipinski definition) is 0. The van der Waals surface area contributed by atoms with Crippen molar-refractivity contribution in [1.29, 1.82) is 0 Å². The van der Waals surface area contributed by atoms with E-state index in [1.54, 1.807) is 0 Å². The molecule has 1 aromatic carbocycles. The molecule has 16 heavy (non-hydrogen) atoms. The summed E-state index contributed by atoms with van der Waals surface area (Å²) in [5.74, 6) is -3.80. The number of alkyl halides is 5. The number of carbonyl (C=O) groups is 1. The van der Waals surface area contributed by atoms with Gasteiger partial charge in [-0.3, -0.25) is 0 Å². The van der Waals surface area contributed by atoms with Gasteiger partial charge in [0, 0.05) is 5.56 Å². The number of carbonyl (C=O) groups excluding carboxylic acids is 1. The molecule has 0 saturated carbocycles. The van der Waals surface area contributed by atoms with E-state index in [1.165, 1.54) is 0 Å². The minimum Gasteiger partial charge on any atom is -0.303 e. The van der Waals surface area contributed by atoms with Gasteiger partial charge in [-0.1, -0.05) is 18.2 Å². The average Bonchev–Trinajstić information content (AvgIpc) is 2.16. The van der Waals surface area contributed by atoms with E-state index in [9.17, 15) is 26.7 Å². The molecular weight excluding hydrogens is 231 g/mol. The first-order chi connectivity index (χ1) is 7.29. The van der Waals surface area contributed by atoms with E-state index in [0.717, 1.165) is 12.1 Å². The van der Waals surface area contributed by atoms with Gasteiger partial charge in [0.05, 0.1) is 12.0 Å². The molecule has 0 aromatic heterocycles. The molecule has 0 radical (unpaired) electrons. The summed E-state index contributed by atoms with van der Waals surface area (Å²) in [5.41, 5.74) is -2.59. The monoisotopic (exact) mass is 238 g/mol. The molecule has 0 bridgehead atoms. The molecule has 0 aliphatic rings. The van der Waals surface area contributed by atoms with Gasteiger partial charge in [-0.25, -0.2) is 8.78 Å². The van der Waals surface area contributed by atoms with Crippen LogP contribution in [0, 0.1) is 0 Å². The number of hydrogen-bond acceptors (Lipinski definition) is 1. The first-order valence-electron chi connectivity index (χ1n) is 4.27. The lowest BCUT2D eigenvalue weighted by Crippen LogP contribution is -2.20. The molecule has 0 saturated heterocycles. The maximum atomic E-state index is 13.2. The fourth-order valence-corrected chi connectivity index (χ4v) is 1.26. The van der Waals surface area contributed by atoms with Crippen LogP contribution in [0.2, 0.25) is 0 Å². The summed E-state index contributed by atoms with van der Waals surface area (Å²) in [7, 11) is 0. The third-order valence-electron chi connectivity index (χ3n) is 1.97. The van der Waals surface area contributed by atoms with Crippen molar-refractivity contribution in [2.75, 3.05) is 0 Å². The van der Waals surface area contributed by atoms with E-state index in [0.29, 0.717) is 12.1 Å². The van der Waals surface area contributed by atoms with Crippen molar-refractivity contribution in [1.82, 2.24) is 0 Å². The van der Waals surface area contributed by atoms with Crippen molar-refractivity contribution in [2.24, 2.45) is 0 Å². The van der Waals surface area contributed by atoms with Crippen molar-refractivity contribution < 1.29 is 26.7 Å². The van der Waals surface area contributed by atoms with E-state index < -0.39 is 29.6 Å². The zero-order chi connectivity index (χ0) is 12.4. The van der Waals surface area contributed by atoms with E-state index in [-0.39, 0.29) is 6.29 Å². The Morgan fingerprint density at radius 2 is 1.50 bits per heavy atom. The van der Waals surface area contributed by atoms with Crippen LogP contribution in [0.3, 0.4) is 0 Å². The van der Waals surface area contributed by atoms with E-state index >= 15 is 0 Å². The van der Waals surface area contributed by atoms with Crippen LogP contribution in [-0.2, 0) is 16.9 Å². The summed E-state index contributed by atoms with van der Waals surface area (Å²) < 4.78 is 63.6. The van der Waals surface area contributed by atoms with Gasteiger partial charge in [0.2, 0.25) is 0 Å². The van der Waals surface area contributed by atoms with Crippen LogP contribution in [0.1, 0.15) is 17.5 Å². The maximum absolute atomic E-state index is 13.2. The fraction of sp³-hybridized carbons (Fsp3) is 0.300. The Morgan fingerprint density at radius 1 is 1.00 bits per heavy atom. The minimum atomic E-state index is -4.86. The van der Waals surface area contributed by atoms with Crippen LogP contribution in [0.25, 0.3) is 0 Å². The summed E-state index contributed by atoms with van der Waals surface area (Å²) in [6.45, 7) is 0. The SMILES string of the molecule is O=CCC(F)(F)c1ccccc1C(F)(F)F. The molecule has 0 aliphatic carbocycles. The highest BCUT2D eigenvalue weighted by molar-refractivity contribution is 5.52. The van der Waals surface area contributed by atoms with Gasteiger partial charge in [0.1, 0.15) is 6.29 Å². The molecule has 0 heterocycles. The lowest BCUT2D eigenvalue weighted by atomic mass is 9.99. The lowest BCUT2D eigenvalue weighted by molar-refractivity contribution is -0.143. The van der Waals surface area contributed by atoms with Crippen molar-refractivity contribution in [3.8, 4) is 0 Å². The van der Waals surface area contributed by atoms with E-state index in [1.807, 2.05) is 0 Å². The van der Waals surface area contributed by atoms with Gasteiger partial charge in [-0.05, 0) is 6.07 Å². The fourth-order valence-electron chi connectivity index (χ4n) is 1.26. The molecule has 0 unspecified atom stereocenters. The number of halogens is 5. The minimum absolute atomic E-state index is 0.104. The van der Waals surface area contributed by atoms with Crippen molar-refractivity contribution >= 4 is 6.29 Å². The van der Waals surface area contributed by atoms with Gasteiger partial charge >= 0.3 is 6.18 Å². The Kier molecular flexibility index (Phi) is 3.30. The topological polar surface area (TPSA) is 17.1 Å². The van der Waals surface area contributed by atoms with Crippen molar-refractivity contribution in [3.63, 3.8) is 0 Å². The number of aldehydes is 1. The molecule has 0 amide bonds. The van der Waals surface area contributed by atoms with Crippen LogP contribution in [0.5, 0.6) is 0 Å². The van der Waals surface area contributed by atoms with Gasteiger partial charge < -0.3 is 4.79 Å². The Hall–Kier alpha value is -1.46. The molecule has 0 spiro atoms. The Balaban J connectivity index is 3.28. The van der Waals surface area contributed by atoms with Crippen LogP contribution >= 0.6 is 0 Å². The standard InChI is InChI=1S/C10H7F5O/c11-9(12,5-6-16)7-3-1-2-4-8(7)10(13,14)15/h1-4,6H,5H2. The third kappa shape index (κ3) is 2.56. The second-order valence-corrected chi connectivity index (χ2v) is 3.12. The molecule has 1 aromatic rings.